The highest BCUT2D eigenvalue weighted by molar-refractivity contribution is 6.30. The topological polar surface area (TPSA) is 66.0 Å². The van der Waals surface area contributed by atoms with Gasteiger partial charge in [-0.3, -0.25) is 0 Å². The van der Waals surface area contributed by atoms with E-state index in [2.05, 4.69) is 10.3 Å². The van der Waals surface area contributed by atoms with E-state index in [0.717, 1.165) is 47.9 Å². The molecule has 0 bridgehead atoms. The van der Waals surface area contributed by atoms with Crippen molar-refractivity contribution in [3.8, 4) is 5.75 Å². The maximum Gasteiger partial charge on any atom is 0.127 e. The number of hydrogen-bond acceptors (Lipinski definition) is 4. The summed E-state index contributed by atoms with van der Waals surface area (Å²) in [7, 11) is 0. The molecule has 1 aromatic heterocycles. The summed E-state index contributed by atoms with van der Waals surface area (Å²) < 4.78 is 7.51. The van der Waals surface area contributed by atoms with Gasteiger partial charge >= 0.3 is 0 Å². The van der Waals surface area contributed by atoms with Crippen molar-refractivity contribution in [2.75, 3.05) is 13.2 Å². The Bertz CT molecular complexity index is 611. The van der Waals surface area contributed by atoms with Gasteiger partial charge in [0, 0.05) is 23.2 Å². The number of nitrogens with zero attached hydrogens (tertiary/aromatic N) is 3. The number of halogens is 1. The molecule has 0 spiro atoms. The van der Waals surface area contributed by atoms with Crippen molar-refractivity contribution in [3.05, 3.63) is 40.2 Å². The first-order valence-electron chi connectivity index (χ1n) is 6.79. The van der Waals surface area contributed by atoms with Crippen LogP contribution in [0.2, 0.25) is 5.02 Å². The first kappa shape index (κ1) is 13.4. The van der Waals surface area contributed by atoms with E-state index < -0.39 is 0 Å². The van der Waals surface area contributed by atoms with Crippen molar-refractivity contribution in [1.82, 2.24) is 15.0 Å². The zero-order valence-electron chi connectivity index (χ0n) is 11.2. The van der Waals surface area contributed by atoms with Crippen molar-refractivity contribution in [1.29, 1.82) is 0 Å². The predicted molar refractivity (Wildman–Crippen MR) is 77.2 cm³/mol. The van der Waals surface area contributed by atoms with Crippen molar-refractivity contribution in [2.45, 2.75) is 25.8 Å². The summed E-state index contributed by atoms with van der Waals surface area (Å²) in [5.41, 5.74) is 8.70. The molecule has 6 heteroatoms. The number of nitrogens with two attached hydrogens (primary N) is 1. The summed E-state index contributed by atoms with van der Waals surface area (Å²) in [6.07, 6.45) is 4.66. The van der Waals surface area contributed by atoms with Crippen LogP contribution >= 0.6 is 11.6 Å². The maximum absolute atomic E-state index is 6.15. The molecule has 1 aromatic carbocycles. The Labute approximate surface area is 122 Å². The van der Waals surface area contributed by atoms with Crippen LogP contribution in [0, 0.1) is 0 Å². The number of ether oxygens (including phenoxy) is 1. The lowest BCUT2D eigenvalue weighted by Crippen LogP contribution is -2.02. The van der Waals surface area contributed by atoms with Gasteiger partial charge in [0.15, 0.2) is 0 Å². The minimum atomic E-state index is 0.624. The van der Waals surface area contributed by atoms with Crippen molar-refractivity contribution >= 4 is 11.6 Å². The Kier molecular flexibility index (Phi) is 3.89. The summed E-state index contributed by atoms with van der Waals surface area (Å²) in [5.74, 6) is 0.952. The summed E-state index contributed by atoms with van der Waals surface area (Å²) >= 11 is 6.15. The molecule has 1 aliphatic heterocycles. The Morgan fingerprint density at radius 1 is 1.40 bits per heavy atom. The molecule has 0 fully saturated rings. The molecular formula is C14H17ClN4O. The number of aryl methyl sites for hydroxylation is 1. The van der Waals surface area contributed by atoms with Crippen LogP contribution in [0.1, 0.15) is 23.2 Å². The predicted octanol–water partition coefficient (Wildman–Crippen LogP) is 1.81. The van der Waals surface area contributed by atoms with E-state index in [1.807, 2.05) is 23.0 Å². The second-order valence-electron chi connectivity index (χ2n) is 4.95. The van der Waals surface area contributed by atoms with Crippen LogP contribution in [0.25, 0.3) is 0 Å². The van der Waals surface area contributed by atoms with E-state index in [1.165, 1.54) is 5.56 Å². The summed E-state index contributed by atoms with van der Waals surface area (Å²) in [4.78, 5) is 0. The number of aromatic nitrogens is 3. The highest BCUT2D eigenvalue weighted by Gasteiger charge is 2.18. The Balaban J connectivity index is 1.79. The molecule has 0 saturated heterocycles. The van der Waals surface area contributed by atoms with Crippen LogP contribution < -0.4 is 10.5 Å². The molecular weight excluding hydrogens is 276 g/mol. The monoisotopic (exact) mass is 292 g/mol. The van der Waals surface area contributed by atoms with Crippen LogP contribution in [0.4, 0.5) is 0 Å². The molecule has 0 saturated carbocycles. The Morgan fingerprint density at radius 2 is 2.30 bits per heavy atom. The molecule has 0 radical (unpaired) electrons. The molecule has 0 aliphatic carbocycles. The van der Waals surface area contributed by atoms with E-state index in [0.29, 0.717) is 13.1 Å². The second-order valence-corrected chi connectivity index (χ2v) is 5.39. The maximum atomic E-state index is 6.15. The van der Waals surface area contributed by atoms with Gasteiger partial charge in [0.1, 0.15) is 5.75 Å². The lowest BCUT2D eigenvalue weighted by molar-refractivity contribution is 0.352. The van der Waals surface area contributed by atoms with Gasteiger partial charge in [-0.2, -0.15) is 0 Å². The molecule has 106 valence electrons. The molecule has 2 aromatic rings. The van der Waals surface area contributed by atoms with Crippen LogP contribution in [0.3, 0.4) is 0 Å². The third-order valence-electron chi connectivity index (χ3n) is 3.38. The molecule has 1 aliphatic rings. The number of benzene rings is 1. The third kappa shape index (κ3) is 2.78. The van der Waals surface area contributed by atoms with Gasteiger partial charge in [-0.1, -0.05) is 16.8 Å². The minimum Gasteiger partial charge on any atom is -0.493 e. The summed E-state index contributed by atoms with van der Waals surface area (Å²) in [5, 5.41) is 9.04. The van der Waals surface area contributed by atoms with Crippen LogP contribution in [0.5, 0.6) is 5.75 Å². The third-order valence-corrected chi connectivity index (χ3v) is 3.60. The second kappa shape index (κ2) is 5.81. The zero-order valence-corrected chi connectivity index (χ0v) is 11.9. The molecule has 0 atom stereocenters. The van der Waals surface area contributed by atoms with Crippen LogP contribution in [0.15, 0.2) is 18.3 Å². The fourth-order valence-corrected chi connectivity index (χ4v) is 2.71. The molecule has 0 amide bonds. The zero-order chi connectivity index (χ0) is 13.9. The van der Waals surface area contributed by atoms with Gasteiger partial charge in [-0.05, 0) is 37.1 Å². The molecule has 3 rings (SSSR count). The van der Waals surface area contributed by atoms with Gasteiger partial charge in [-0.15, -0.1) is 5.10 Å². The number of hydrogen-bond donors (Lipinski definition) is 1. The van der Waals surface area contributed by atoms with Gasteiger partial charge in [-0.25, -0.2) is 4.68 Å². The SMILES string of the molecule is NCCCc1cn(Cc2cc(Cl)cc3c2OCC3)nn1. The first-order chi connectivity index (χ1) is 9.76. The van der Waals surface area contributed by atoms with E-state index in [9.17, 15) is 0 Å². The lowest BCUT2D eigenvalue weighted by Gasteiger charge is -2.08. The Morgan fingerprint density at radius 3 is 3.15 bits per heavy atom. The highest BCUT2D eigenvalue weighted by atomic mass is 35.5. The van der Waals surface area contributed by atoms with E-state index >= 15 is 0 Å². The fraction of sp³-hybridized carbons (Fsp3) is 0.429. The molecule has 20 heavy (non-hydrogen) atoms. The van der Waals surface area contributed by atoms with Crippen LogP contribution in [-0.2, 0) is 19.4 Å². The molecule has 2 N–H and O–H groups in total. The minimum absolute atomic E-state index is 0.624. The van der Waals surface area contributed by atoms with E-state index in [4.69, 9.17) is 22.1 Å². The van der Waals surface area contributed by atoms with Crippen LogP contribution in [-0.4, -0.2) is 28.1 Å². The average molecular weight is 293 g/mol. The van der Waals surface area contributed by atoms with Crippen molar-refractivity contribution in [2.24, 2.45) is 5.73 Å². The van der Waals surface area contributed by atoms with Gasteiger partial charge < -0.3 is 10.5 Å². The van der Waals surface area contributed by atoms with Gasteiger partial charge in [0.25, 0.3) is 0 Å². The van der Waals surface area contributed by atoms with Crippen molar-refractivity contribution in [3.63, 3.8) is 0 Å². The average Bonchev–Trinajstić information content (AvgIpc) is 3.05. The lowest BCUT2D eigenvalue weighted by atomic mass is 10.1. The summed E-state index contributed by atoms with van der Waals surface area (Å²) in [6, 6.07) is 3.91. The quantitative estimate of drug-likeness (QED) is 0.913. The largest absolute Gasteiger partial charge is 0.493 e. The number of fused-ring (bicyclic) bond motifs is 1. The van der Waals surface area contributed by atoms with Gasteiger partial charge in [0.2, 0.25) is 0 Å². The number of rotatable bonds is 5. The van der Waals surface area contributed by atoms with Crippen molar-refractivity contribution < 1.29 is 4.74 Å². The summed E-state index contributed by atoms with van der Waals surface area (Å²) in [6.45, 7) is 2.02. The molecule has 0 unspecified atom stereocenters. The standard InChI is InChI=1S/C14H17ClN4O/c15-12-6-10-3-5-20-14(10)11(7-12)8-19-9-13(17-18-19)2-1-4-16/h6-7,9H,1-5,8,16H2. The van der Waals surface area contributed by atoms with Gasteiger partial charge in [0.05, 0.1) is 18.8 Å². The molecule has 2 heterocycles. The normalized spacial score (nSPS) is 13.3. The molecule has 5 nitrogen and oxygen atoms in total. The van der Waals surface area contributed by atoms with E-state index in [1.54, 1.807) is 0 Å². The smallest absolute Gasteiger partial charge is 0.127 e. The Hall–Kier alpha value is -1.59. The fourth-order valence-electron chi connectivity index (χ4n) is 2.45. The first-order valence-corrected chi connectivity index (χ1v) is 7.17. The highest BCUT2D eigenvalue weighted by Crippen LogP contribution is 2.33. The van der Waals surface area contributed by atoms with E-state index in [-0.39, 0.29) is 0 Å².